The summed E-state index contributed by atoms with van der Waals surface area (Å²) in [7, 11) is 1.75. The average Bonchev–Trinajstić information content (AvgIpc) is 1.96. The SMILES string of the molecule is CNc1nc(=S)[nH]c(N)c1Br. The number of aromatic amines is 1. The molecule has 0 aromatic carbocycles. The van der Waals surface area contributed by atoms with Gasteiger partial charge in [-0.2, -0.15) is 0 Å². The van der Waals surface area contributed by atoms with Crippen molar-refractivity contribution in [2.24, 2.45) is 0 Å². The highest BCUT2D eigenvalue weighted by atomic mass is 79.9. The normalized spacial score (nSPS) is 9.64. The maximum Gasteiger partial charge on any atom is 0.200 e. The van der Waals surface area contributed by atoms with Gasteiger partial charge in [0.1, 0.15) is 16.1 Å². The second-order valence-electron chi connectivity index (χ2n) is 1.87. The van der Waals surface area contributed by atoms with Crippen LogP contribution in [0.5, 0.6) is 0 Å². The van der Waals surface area contributed by atoms with E-state index in [0.29, 0.717) is 20.9 Å². The van der Waals surface area contributed by atoms with Gasteiger partial charge in [-0.05, 0) is 28.1 Å². The molecule has 11 heavy (non-hydrogen) atoms. The second-order valence-corrected chi connectivity index (χ2v) is 3.05. The van der Waals surface area contributed by atoms with E-state index in [1.165, 1.54) is 0 Å². The Morgan fingerprint density at radius 1 is 1.73 bits per heavy atom. The van der Waals surface area contributed by atoms with E-state index in [1.54, 1.807) is 7.05 Å². The number of H-pyrrole nitrogens is 1. The molecule has 0 saturated carbocycles. The number of hydrogen-bond donors (Lipinski definition) is 3. The predicted octanol–water partition coefficient (Wildman–Crippen LogP) is 1.53. The van der Waals surface area contributed by atoms with Crippen molar-refractivity contribution in [2.75, 3.05) is 18.1 Å². The summed E-state index contributed by atoms with van der Waals surface area (Å²) in [6.07, 6.45) is 0. The first-order valence-electron chi connectivity index (χ1n) is 2.88. The number of anilines is 2. The summed E-state index contributed by atoms with van der Waals surface area (Å²) in [5.41, 5.74) is 5.55. The predicted molar refractivity (Wildman–Crippen MR) is 51.1 cm³/mol. The maximum atomic E-state index is 5.55. The fourth-order valence-corrected chi connectivity index (χ4v) is 1.23. The van der Waals surface area contributed by atoms with Crippen molar-refractivity contribution in [1.82, 2.24) is 9.97 Å². The molecule has 0 aliphatic heterocycles. The molecule has 1 aromatic rings. The van der Waals surface area contributed by atoms with Gasteiger partial charge in [0.15, 0.2) is 4.77 Å². The van der Waals surface area contributed by atoms with Crippen molar-refractivity contribution in [2.45, 2.75) is 0 Å². The number of nitrogens with zero attached hydrogens (tertiary/aromatic N) is 1. The van der Waals surface area contributed by atoms with Crippen LogP contribution in [0.1, 0.15) is 0 Å². The first kappa shape index (κ1) is 8.48. The summed E-state index contributed by atoms with van der Waals surface area (Å²) < 4.78 is 1.07. The van der Waals surface area contributed by atoms with E-state index in [2.05, 4.69) is 31.2 Å². The molecule has 1 aromatic heterocycles. The van der Waals surface area contributed by atoms with E-state index in [-0.39, 0.29) is 0 Å². The van der Waals surface area contributed by atoms with Crippen LogP contribution in [0.15, 0.2) is 4.47 Å². The van der Waals surface area contributed by atoms with Crippen LogP contribution in [0.25, 0.3) is 0 Å². The van der Waals surface area contributed by atoms with Gasteiger partial charge in [-0.15, -0.1) is 0 Å². The van der Waals surface area contributed by atoms with E-state index in [1.807, 2.05) is 0 Å². The van der Waals surface area contributed by atoms with E-state index < -0.39 is 0 Å². The van der Waals surface area contributed by atoms with Crippen LogP contribution in [0.4, 0.5) is 11.6 Å². The number of nitrogen functional groups attached to an aromatic ring is 1. The number of aromatic nitrogens is 2. The van der Waals surface area contributed by atoms with Gasteiger partial charge in [-0.1, -0.05) is 0 Å². The third-order valence-electron chi connectivity index (χ3n) is 1.14. The maximum absolute atomic E-state index is 5.55. The van der Waals surface area contributed by atoms with E-state index >= 15 is 0 Å². The van der Waals surface area contributed by atoms with Crippen molar-refractivity contribution < 1.29 is 0 Å². The average molecular weight is 235 g/mol. The van der Waals surface area contributed by atoms with Crippen LogP contribution in [-0.4, -0.2) is 17.0 Å². The molecule has 60 valence electrons. The van der Waals surface area contributed by atoms with Crippen molar-refractivity contribution in [3.05, 3.63) is 9.24 Å². The molecular weight excluding hydrogens is 228 g/mol. The van der Waals surface area contributed by atoms with Crippen molar-refractivity contribution >= 4 is 39.8 Å². The van der Waals surface area contributed by atoms with Gasteiger partial charge in [0.2, 0.25) is 0 Å². The fraction of sp³-hybridized carbons (Fsp3) is 0.200. The van der Waals surface area contributed by atoms with Crippen molar-refractivity contribution in [3.8, 4) is 0 Å². The lowest BCUT2D eigenvalue weighted by Crippen LogP contribution is -2.00. The molecule has 0 fully saturated rings. The zero-order valence-corrected chi connectivity index (χ0v) is 8.21. The molecule has 0 bridgehead atoms. The zero-order chi connectivity index (χ0) is 8.43. The summed E-state index contributed by atoms with van der Waals surface area (Å²) in [5, 5.41) is 2.85. The molecule has 0 aliphatic rings. The Bertz CT molecular complexity index is 321. The topological polar surface area (TPSA) is 66.7 Å². The van der Waals surface area contributed by atoms with Gasteiger partial charge >= 0.3 is 0 Å². The Hall–Kier alpha value is -0.620. The van der Waals surface area contributed by atoms with Gasteiger partial charge < -0.3 is 16.0 Å². The second kappa shape index (κ2) is 3.19. The van der Waals surface area contributed by atoms with E-state index in [9.17, 15) is 0 Å². The van der Waals surface area contributed by atoms with Gasteiger partial charge in [0.25, 0.3) is 0 Å². The van der Waals surface area contributed by atoms with E-state index in [0.717, 1.165) is 0 Å². The molecule has 0 unspecified atom stereocenters. The van der Waals surface area contributed by atoms with E-state index in [4.69, 9.17) is 18.0 Å². The zero-order valence-electron chi connectivity index (χ0n) is 5.81. The van der Waals surface area contributed by atoms with Crippen LogP contribution < -0.4 is 11.1 Å². The highest BCUT2D eigenvalue weighted by molar-refractivity contribution is 9.10. The van der Waals surface area contributed by atoms with Crippen LogP contribution in [-0.2, 0) is 0 Å². The molecule has 0 aliphatic carbocycles. The summed E-state index contributed by atoms with van der Waals surface area (Å²) in [6, 6.07) is 0. The molecule has 6 heteroatoms. The van der Waals surface area contributed by atoms with Crippen LogP contribution in [0, 0.1) is 4.77 Å². The van der Waals surface area contributed by atoms with Crippen LogP contribution in [0.3, 0.4) is 0 Å². The molecule has 1 rings (SSSR count). The molecule has 0 saturated heterocycles. The number of halogens is 1. The summed E-state index contributed by atoms with van der Waals surface area (Å²) in [5.74, 6) is 1.13. The largest absolute Gasteiger partial charge is 0.384 e. The van der Waals surface area contributed by atoms with Crippen molar-refractivity contribution in [1.29, 1.82) is 0 Å². The quantitative estimate of drug-likeness (QED) is 0.645. The minimum absolute atomic E-state index is 0.370. The standard InChI is InChI=1S/C5H7BrN4S/c1-8-4-2(6)3(7)9-5(11)10-4/h1H3,(H4,7,8,9,10,11). The number of nitrogens with two attached hydrogens (primary N) is 1. The molecular formula is C5H7BrN4S. The highest BCUT2D eigenvalue weighted by Gasteiger charge is 2.02. The molecule has 4 N–H and O–H groups in total. The Morgan fingerprint density at radius 3 is 2.91 bits per heavy atom. The third kappa shape index (κ3) is 1.69. The molecule has 0 atom stereocenters. The van der Waals surface area contributed by atoms with Gasteiger partial charge in [-0.25, -0.2) is 4.98 Å². The lowest BCUT2D eigenvalue weighted by Gasteiger charge is -2.03. The monoisotopic (exact) mass is 234 g/mol. The Morgan fingerprint density at radius 2 is 2.36 bits per heavy atom. The minimum atomic E-state index is 0.370. The van der Waals surface area contributed by atoms with Gasteiger partial charge in [0.05, 0.1) is 0 Å². The number of hydrogen-bond acceptors (Lipinski definition) is 4. The van der Waals surface area contributed by atoms with Gasteiger partial charge in [-0.3, -0.25) is 0 Å². The smallest absolute Gasteiger partial charge is 0.200 e. The first-order chi connectivity index (χ1) is 5.15. The summed E-state index contributed by atoms with van der Waals surface area (Å²) in [6.45, 7) is 0. The Labute approximate surface area is 77.4 Å². The lowest BCUT2D eigenvalue weighted by molar-refractivity contribution is 1.12. The number of rotatable bonds is 1. The Kier molecular flexibility index (Phi) is 2.45. The molecule has 0 radical (unpaired) electrons. The Balaban J connectivity index is 3.36. The van der Waals surface area contributed by atoms with Crippen molar-refractivity contribution in [3.63, 3.8) is 0 Å². The highest BCUT2D eigenvalue weighted by Crippen LogP contribution is 2.23. The molecule has 1 heterocycles. The summed E-state index contributed by atoms with van der Waals surface area (Å²) >= 11 is 8.05. The lowest BCUT2D eigenvalue weighted by atomic mass is 10.5. The fourth-order valence-electron chi connectivity index (χ4n) is 0.642. The summed E-state index contributed by atoms with van der Waals surface area (Å²) in [4.78, 5) is 6.68. The van der Waals surface area contributed by atoms with Gasteiger partial charge in [0, 0.05) is 7.05 Å². The molecule has 0 spiro atoms. The van der Waals surface area contributed by atoms with Crippen LogP contribution in [0.2, 0.25) is 0 Å². The molecule has 0 amide bonds. The molecule has 4 nitrogen and oxygen atoms in total. The first-order valence-corrected chi connectivity index (χ1v) is 4.08. The van der Waals surface area contributed by atoms with Crippen LogP contribution >= 0.6 is 28.1 Å². The third-order valence-corrected chi connectivity index (χ3v) is 2.13. The minimum Gasteiger partial charge on any atom is -0.384 e. The number of nitrogens with one attached hydrogen (secondary N) is 2.